The Hall–Kier alpha value is -1.28. The Balaban J connectivity index is 2.30. The molecule has 0 bridgehead atoms. The summed E-state index contributed by atoms with van der Waals surface area (Å²) in [6.07, 6.45) is 2.02. The zero-order valence-corrected chi connectivity index (χ0v) is 12.3. The molecule has 1 N–H and O–H groups in total. The Kier molecular flexibility index (Phi) is 2.94. The third kappa shape index (κ3) is 1.81. The van der Waals surface area contributed by atoms with Crippen molar-refractivity contribution < 1.29 is 4.74 Å². The van der Waals surface area contributed by atoms with E-state index in [4.69, 9.17) is 4.74 Å². The van der Waals surface area contributed by atoms with Crippen molar-refractivity contribution in [3.63, 3.8) is 0 Å². The van der Waals surface area contributed by atoms with Crippen LogP contribution in [-0.2, 0) is 16.8 Å². The van der Waals surface area contributed by atoms with Gasteiger partial charge in [-0.05, 0) is 36.8 Å². The summed E-state index contributed by atoms with van der Waals surface area (Å²) in [5.74, 6) is 0.539. The highest BCUT2D eigenvalue weighted by molar-refractivity contribution is 5.88. The van der Waals surface area contributed by atoms with E-state index in [9.17, 15) is 0 Å². The highest BCUT2D eigenvalue weighted by atomic mass is 16.5. The predicted octanol–water partition coefficient (Wildman–Crippen LogP) is 4.49. The summed E-state index contributed by atoms with van der Waals surface area (Å²) in [7, 11) is 0. The van der Waals surface area contributed by atoms with Gasteiger partial charge >= 0.3 is 0 Å². The second-order valence-corrected chi connectivity index (χ2v) is 6.09. The molecule has 0 aliphatic carbocycles. The molecule has 3 rings (SSSR count). The molecular formula is C17H23NO. The van der Waals surface area contributed by atoms with Crippen molar-refractivity contribution in [2.24, 2.45) is 0 Å². The van der Waals surface area contributed by atoms with Crippen LogP contribution < -0.4 is 0 Å². The Bertz CT molecular complexity index is 611. The quantitative estimate of drug-likeness (QED) is 0.842. The number of aromatic amines is 1. The Labute approximate surface area is 115 Å². The van der Waals surface area contributed by atoms with E-state index in [2.05, 4.69) is 50.9 Å². The lowest BCUT2D eigenvalue weighted by atomic mass is 9.90. The van der Waals surface area contributed by atoms with E-state index < -0.39 is 0 Å². The van der Waals surface area contributed by atoms with Gasteiger partial charge in [-0.1, -0.05) is 39.0 Å². The SMILES string of the molecule is CCC1(C)OCCc2c1[nH]c1c(C(C)C)cccc21. The first kappa shape index (κ1) is 12.7. The van der Waals surface area contributed by atoms with Gasteiger partial charge in [0.15, 0.2) is 0 Å². The smallest absolute Gasteiger partial charge is 0.105 e. The van der Waals surface area contributed by atoms with Crippen LogP contribution >= 0.6 is 0 Å². The molecule has 0 fully saturated rings. The Morgan fingerprint density at radius 3 is 2.84 bits per heavy atom. The van der Waals surface area contributed by atoms with E-state index in [-0.39, 0.29) is 5.60 Å². The summed E-state index contributed by atoms with van der Waals surface area (Å²) >= 11 is 0. The number of rotatable bonds is 2. The van der Waals surface area contributed by atoms with Gasteiger partial charge in [0.2, 0.25) is 0 Å². The molecule has 1 aromatic heterocycles. The van der Waals surface area contributed by atoms with Crippen molar-refractivity contribution in [3.05, 3.63) is 35.0 Å². The number of hydrogen-bond donors (Lipinski definition) is 1. The van der Waals surface area contributed by atoms with Gasteiger partial charge in [0.1, 0.15) is 5.60 Å². The fraction of sp³-hybridized carbons (Fsp3) is 0.529. The maximum atomic E-state index is 6.04. The van der Waals surface area contributed by atoms with Crippen molar-refractivity contribution >= 4 is 10.9 Å². The van der Waals surface area contributed by atoms with Crippen molar-refractivity contribution in [1.29, 1.82) is 0 Å². The van der Waals surface area contributed by atoms with E-state index in [1.807, 2.05) is 0 Å². The summed E-state index contributed by atoms with van der Waals surface area (Å²) < 4.78 is 6.04. The van der Waals surface area contributed by atoms with E-state index in [0.717, 1.165) is 19.4 Å². The van der Waals surface area contributed by atoms with Gasteiger partial charge in [0.25, 0.3) is 0 Å². The predicted molar refractivity (Wildman–Crippen MR) is 79.7 cm³/mol. The maximum Gasteiger partial charge on any atom is 0.105 e. The lowest BCUT2D eigenvalue weighted by molar-refractivity contribution is -0.0513. The second-order valence-electron chi connectivity index (χ2n) is 6.09. The van der Waals surface area contributed by atoms with Gasteiger partial charge in [-0.2, -0.15) is 0 Å². The number of ether oxygens (including phenoxy) is 1. The monoisotopic (exact) mass is 257 g/mol. The molecule has 102 valence electrons. The topological polar surface area (TPSA) is 25.0 Å². The number of benzene rings is 1. The third-order valence-electron chi connectivity index (χ3n) is 4.57. The van der Waals surface area contributed by atoms with Crippen molar-refractivity contribution in [2.45, 2.75) is 52.1 Å². The van der Waals surface area contributed by atoms with Crippen molar-refractivity contribution in [1.82, 2.24) is 4.98 Å². The summed E-state index contributed by atoms with van der Waals surface area (Å²) in [5, 5.41) is 1.39. The summed E-state index contributed by atoms with van der Waals surface area (Å²) in [4.78, 5) is 3.68. The molecule has 0 radical (unpaired) electrons. The van der Waals surface area contributed by atoms with Crippen LogP contribution in [0.3, 0.4) is 0 Å². The third-order valence-corrected chi connectivity index (χ3v) is 4.57. The molecule has 1 aliphatic heterocycles. The lowest BCUT2D eigenvalue weighted by Gasteiger charge is -2.33. The first-order valence-corrected chi connectivity index (χ1v) is 7.34. The molecule has 2 aromatic rings. The molecule has 2 heteroatoms. The minimum Gasteiger partial charge on any atom is -0.369 e. The van der Waals surface area contributed by atoms with Crippen LogP contribution in [0, 0.1) is 0 Å². The van der Waals surface area contributed by atoms with Crippen LogP contribution in [0.2, 0.25) is 0 Å². The van der Waals surface area contributed by atoms with Crippen LogP contribution in [0.15, 0.2) is 18.2 Å². The minimum absolute atomic E-state index is 0.152. The van der Waals surface area contributed by atoms with Crippen LogP contribution in [-0.4, -0.2) is 11.6 Å². The molecule has 0 saturated heterocycles. The normalized spacial score (nSPS) is 23.0. The first-order chi connectivity index (χ1) is 9.07. The average Bonchev–Trinajstić information content (AvgIpc) is 2.79. The molecule has 0 saturated carbocycles. The number of para-hydroxylation sites is 1. The summed E-state index contributed by atoms with van der Waals surface area (Å²) in [6.45, 7) is 9.74. The van der Waals surface area contributed by atoms with Gasteiger partial charge in [-0.3, -0.25) is 0 Å². The molecule has 2 nitrogen and oxygen atoms in total. The van der Waals surface area contributed by atoms with Crippen LogP contribution in [0.1, 0.15) is 56.9 Å². The van der Waals surface area contributed by atoms with E-state index >= 15 is 0 Å². The van der Waals surface area contributed by atoms with E-state index in [1.54, 1.807) is 0 Å². The van der Waals surface area contributed by atoms with Gasteiger partial charge in [-0.25, -0.2) is 0 Å². The number of H-pyrrole nitrogens is 1. The zero-order valence-electron chi connectivity index (χ0n) is 12.3. The Morgan fingerprint density at radius 2 is 2.16 bits per heavy atom. The lowest BCUT2D eigenvalue weighted by Crippen LogP contribution is -2.31. The highest BCUT2D eigenvalue weighted by Crippen LogP contribution is 2.40. The number of aromatic nitrogens is 1. The van der Waals surface area contributed by atoms with Crippen molar-refractivity contribution in [3.8, 4) is 0 Å². The maximum absolute atomic E-state index is 6.04. The number of fused-ring (bicyclic) bond motifs is 3. The molecule has 1 unspecified atom stereocenters. The summed E-state index contributed by atoms with van der Waals surface area (Å²) in [5.41, 5.74) is 5.33. The van der Waals surface area contributed by atoms with Crippen LogP contribution in [0.25, 0.3) is 10.9 Å². The van der Waals surface area contributed by atoms with Gasteiger partial charge in [0.05, 0.1) is 12.3 Å². The standard InChI is InChI=1S/C17H23NO/c1-5-17(4)16-14(9-10-19-17)13-8-6-7-12(11(2)3)15(13)18-16/h6-8,11,18H,5,9-10H2,1-4H3. The molecule has 1 aliphatic rings. The highest BCUT2D eigenvalue weighted by Gasteiger charge is 2.34. The van der Waals surface area contributed by atoms with Gasteiger partial charge < -0.3 is 9.72 Å². The average molecular weight is 257 g/mol. The number of hydrogen-bond acceptors (Lipinski definition) is 1. The number of nitrogens with one attached hydrogen (secondary N) is 1. The van der Waals surface area contributed by atoms with Gasteiger partial charge in [-0.15, -0.1) is 0 Å². The zero-order chi connectivity index (χ0) is 13.6. The Morgan fingerprint density at radius 1 is 1.37 bits per heavy atom. The molecule has 0 amide bonds. The molecular weight excluding hydrogens is 234 g/mol. The molecule has 19 heavy (non-hydrogen) atoms. The van der Waals surface area contributed by atoms with E-state index in [1.165, 1.54) is 27.7 Å². The minimum atomic E-state index is -0.152. The molecule has 1 aromatic carbocycles. The largest absolute Gasteiger partial charge is 0.369 e. The van der Waals surface area contributed by atoms with Gasteiger partial charge in [0, 0.05) is 10.9 Å². The van der Waals surface area contributed by atoms with Crippen molar-refractivity contribution in [2.75, 3.05) is 6.61 Å². The van der Waals surface area contributed by atoms with Crippen LogP contribution in [0.5, 0.6) is 0 Å². The molecule has 1 atom stereocenters. The summed E-state index contributed by atoms with van der Waals surface area (Å²) in [6, 6.07) is 6.67. The molecule has 2 heterocycles. The fourth-order valence-corrected chi connectivity index (χ4v) is 3.22. The fourth-order valence-electron chi connectivity index (χ4n) is 3.22. The van der Waals surface area contributed by atoms with E-state index in [0.29, 0.717) is 5.92 Å². The van der Waals surface area contributed by atoms with Crippen LogP contribution in [0.4, 0.5) is 0 Å². The first-order valence-electron chi connectivity index (χ1n) is 7.34. The second kappa shape index (κ2) is 4.38. The molecule has 0 spiro atoms.